The van der Waals surface area contributed by atoms with Gasteiger partial charge in [-0.25, -0.2) is 0 Å². The van der Waals surface area contributed by atoms with Gasteiger partial charge in [-0.1, -0.05) is 19.1 Å². The van der Waals surface area contributed by atoms with Crippen LogP contribution in [0.15, 0.2) is 18.2 Å². The van der Waals surface area contributed by atoms with Crippen LogP contribution in [0.1, 0.15) is 31.0 Å². The van der Waals surface area contributed by atoms with E-state index in [0.717, 1.165) is 31.9 Å². The second-order valence-corrected chi connectivity index (χ2v) is 5.95. The van der Waals surface area contributed by atoms with Crippen LogP contribution in [0.3, 0.4) is 0 Å². The second kappa shape index (κ2) is 7.25. The molecule has 0 radical (unpaired) electrons. The molecule has 0 aliphatic carbocycles. The number of likely N-dealkylation sites (N-methyl/N-ethyl adjacent to an activating group) is 1. The Morgan fingerprint density at radius 1 is 1.38 bits per heavy atom. The fourth-order valence-electron chi connectivity index (χ4n) is 3.38. The molecule has 1 aromatic carbocycles. The van der Waals surface area contributed by atoms with Crippen LogP contribution in [0.4, 0.5) is 0 Å². The first-order valence-electron chi connectivity index (χ1n) is 7.93. The van der Waals surface area contributed by atoms with Crippen LogP contribution < -0.4 is 10.5 Å². The van der Waals surface area contributed by atoms with Crippen LogP contribution in [-0.2, 0) is 0 Å². The number of piperazine rings is 1. The van der Waals surface area contributed by atoms with Crippen molar-refractivity contribution in [3.8, 4) is 5.75 Å². The number of benzene rings is 1. The number of nitrogens with two attached hydrogens (primary N) is 1. The Balaban J connectivity index is 2.14. The quantitative estimate of drug-likeness (QED) is 0.901. The Labute approximate surface area is 128 Å². The van der Waals surface area contributed by atoms with Gasteiger partial charge in [-0.2, -0.15) is 0 Å². The molecule has 2 N–H and O–H groups in total. The van der Waals surface area contributed by atoms with E-state index in [0.29, 0.717) is 18.6 Å². The third-order valence-corrected chi connectivity index (χ3v) is 4.67. The van der Waals surface area contributed by atoms with Gasteiger partial charge in [0.2, 0.25) is 0 Å². The highest BCUT2D eigenvalue weighted by Gasteiger charge is 2.27. The predicted octanol–water partition coefficient (Wildman–Crippen LogP) is 2.03. The summed E-state index contributed by atoms with van der Waals surface area (Å²) in [5.74, 6) is 0.943. The average Bonchev–Trinajstić information content (AvgIpc) is 2.48. The maximum Gasteiger partial charge on any atom is 0.121 e. The normalized spacial score (nSPS) is 22.2. The van der Waals surface area contributed by atoms with Gasteiger partial charge in [-0.05, 0) is 37.6 Å². The molecule has 21 heavy (non-hydrogen) atoms. The van der Waals surface area contributed by atoms with Crippen molar-refractivity contribution in [2.24, 2.45) is 5.73 Å². The van der Waals surface area contributed by atoms with Crippen molar-refractivity contribution in [1.82, 2.24) is 9.80 Å². The summed E-state index contributed by atoms with van der Waals surface area (Å²) >= 11 is 0. The monoisotopic (exact) mass is 291 g/mol. The molecule has 4 heteroatoms. The van der Waals surface area contributed by atoms with E-state index >= 15 is 0 Å². The van der Waals surface area contributed by atoms with Crippen molar-refractivity contribution in [2.45, 2.75) is 32.9 Å². The standard InChI is InChI=1S/C17H29N3O/c1-5-19-8-9-20(12-14(19)3)16(11-18)15-6-7-17(21-4)13(2)10-15/h6-7,10,14,16H,5,8-9,11-12,18H2,1-4H3. The van der Waals surface area contributed by atoms with Crippen molar-refractivity contribution in [2.75, 3.05) is 39.8 Å². The SMILES string of the molecule is CCN1CCN(C(CN)c2ccc(OC)c(C)c2)CC1C. The lowest BCUT2D eigenvalue weighted by Crippen LogP contribution is -2.53. The first-order valence-corrected chi connectivity index (χ1v) is 7.93. The van der Waals surface area contributed by atoms with Gasteiger partial charge < -0.3 is 10.5 Å². The molecule has 4 nitrogen and oxygen atoms in total. The largest absolute Gasteiger partial charge is 0.496 e. The van der Waals surface area contributed by atoms with Gasteiger partial charge in [-0.15, -0.1) is 0 Å². The highest BCUT2D eigenvalue weighted by Crippen LogP contribution is 2.27. The zero-order valence-corrected chi connectivity index (χ0v) is 13.8. The minimum atomic E-state index is 0.302. The number of rotatable bonds is 5. The van der Waals surface area contributed by atoms with E-state index in [1.807, 2.05) is 0 Å². The zero-order chi connectivity index (χ0) is 15.4. The number of methoxy groups -OCH3 is 1. The van der Waals surface area contributed by atoms with Crippen LogP contribution in [0.5, 0.6) is 5.75 Å². The summed E-state index contributed by atoms with van der Waals surface area (Å²) in [5, 5.41) is 0. The molecule has 1 aliphatic heterocycles. The fourth-order valence-corrected chi connectivity index (χ4v) is 3.38. The Morgan fingerprint density at radius 3 is 2.67 bits per heavy atom. The van der Waals surface area contributed by atoms with E-state index in [1.54, 1.807) is 7.11 Å². The Bertz CT molecular complexity index is 463. The molecular weight excluding hydrogens is 262 g/mol. The molecule has 1 saturated heterocycles. The molecule has 0 aromatic heterocycles. The molecule has 1 fully saturated rings. The van der Waals surface area contributed by atoms with Crippen molar-refractivity contribution < 1.29 is 4.74 Å². The van der Waals surface area contributed by atoms with Gasteiger partial charge in [0, 0.05) is 38.3 Å². The lowest BCUT2D eigenvalue weighted by molar-refractivity contribution is 0.0606. The van der Waals surface area contributed by atoms with Crippen molar-refractivity contribution in [1.29, 1.82) is 0 Å². The summed E-state index contributed by atoms with van der Waals surface area (Å²) in [6.07, 6.45) is 0. The Morgan fingerprint density at radius 2 is 2.14 bits per heavy atom. The van der Waals surface area contributed by atoms with Gasteiger partial charge in [0.05, 0.1) is 7.11 Å². The molecular formula is C17H29N3O. The fraction of sp³-hybridized carbons (Fsp3) is 0.647. The number of nitrogens with zero attached hydrogens (tertiary/aromatic N) is 2. The second-order valence-electron chi connectivity index (χ2n) is 5.95. The van der Waals surface area contributed by atoms with Crippen LogP contribution in [0.25, 0.3) is 0 Å². The van der Waals surface area contributed by atoms with E-state index in [2.05, 4.69) is 48.8 Å². The van der Waals surface area contributed by atoms with Crippen molar-refractivity contribution in [3.63, 3.8) is 0 Å². The molecule has 0 amide bonds. The lowest BCUT2D eigenvalue weighted by atomic mass is 10.0. The van der Waals surface area contributed by atoms with Gasteiger partial charge in [0.1, 0.15) is 5.75 Å². The van der Waals surface area contributed by atoms with E-state index in [4.69, 9.17) is 10.5 Å². The molecule has 0 saturated carbocycles. The Hall–Kier alpha value is -1.10. The number of hydrogen-bond donors (Lipinski definition) is 1. The highest BCUT2D eigenvalue weighted by atomic mass is 16.5. The number of aryl methyl sites for hydroxylation is 1. The molecule has 0 spiro atoms. The molecule has 118 valence electrons. The van der Waals surface area contributed by atoms with Crippen molar-refractivity contribution >= 4 is 0 Å². The number of ether oxygens (including phenoxy) is 1. The first kappa shape index (κ1) is 16.3. The van der Waals surface area contributed by atoms with Gasteiger partial charge in [-0.3, -0.25) is 9.80 Å². The molecule has 1 heterocycles. The topological polar surface area (TPSA) is 41.7 Å². The molecule has 0 bridgehead atoms. The van der Waals surface area contributed by atoms with Crippen LogP contribution in [-0.4, -0.2) is 55.7 Å². The smallest absolute Gasteiger partial charge is 0.121 e. The zero-order valence-electron chi connectivity index (χ0n) is 13.8. The predicted molar refractivity (Wildman–Crippen MR) is 87.8 cm³/mol. The minimum Gasteiger partial charge on any atom is -0.496 e. The van der Waals surface area contributed by atoms with E-state index in [9.17, 15) is 0 Å². The summed E-state index contributed by atoms with van der Waals surface area (Å²) in [6.45, 7) is 11.7. The van der Waals surface area contributed by atoms with Crippen LogP contribution >= 0.6 is 0 Å². The molecule has 2 unspecified atom stereocenters. The van der Waals surface area contributed by atoms with Crippen LogP contribution in [0, 0.1) is 6.92 Å². The lowest BCUT2D eigenvalue weighted by Gasteiger charge is -2.43. The van der Waals surface area contributed by atoms with Crippen molar-refractivity contribution in [3.05, 3.63) is 29.3 Å². The maximum atomic E-state index is 6.08. The van der Waals surface area contributed by atoms with E-state index < -0.39 is 0 Å². The molecule has 2 rings (SSSR count). The summed E-state index contributed by atoms with van der Waals surface area (Å²) in [4.78, 5) is 5.06. The molecule has 1 aliphatic rings. The summed E-state index contributed by atoms with van der Waals surface area (Å²) in [6, 6.07) is 7.32. The third kappa shape index (κ3) is 3.57. The third-order valence-electron chi connectivity index (χ3n) is 4.67. The molecule has 2 atom stereocenters. The van der Waals surface area contributed by atoms with Gasteiger partial charge in [0.25, 0.3) is 0 Å². The van der Waals surface area contributed by atoms with Crippen LogP contribution in [0.2, 0.25) is 0 Å². The summed E-state index contributed by atoms with van der Waals surface area (Å²) in [7, 11) is 1.72. The molecule has 1 aromatic rings. The number of hydrogen-bond acceptors (Lipinski definition) is 4. The summed E-state index contributed by atoms with van der Waals surface area (Å²) < 4.78 is 5.35. The Kier molecular flexibility index (Phi) is 5.62. The van der Waals surface area contributed by atoms with E-state index in [1.165, 1.54) is 11.1 Å². The van der Waals surface area contributed by atoms with E-state index in [-0.39, 0.29) is 0 Å². The van der Waals surface area contributed by atoms with Gasteiger partial charge >= 0.3 is 0 Å². The first-order chi connectivity index (χ1) is 10.1. The van der Waals surface area contributed by atoms with Gasteiger partial charge in [0.15, 0.2) is 0 Å². The average molecular weight is 291 g/mol. The highest BCUT2D eigenvalue weighted by molar-refractivity contribution is 5.37. The minimum absolute atomic E-state index is 0.302. The summed E-state index contributed by atoms with van der Waals surface area (Å²) in [5.41, 5.74) is 8.56. The maximum absolute atomic E-state index is 6.08.